The molecule has 0 unspecified atom stereocenters. The summed E-state index contributed by atoms with van der Waals surface area (Å²) in [7, 11) is -1.71. The van der Waals surface area contributed by atoms with Crippen LogP contribution in [-0.4, -0.2) is 26.5 Å². The van der Waals surface area contributed by atoms with Crippen molar-refractivity contribution in [2.24, 2.45) is 10.2 Å². The summed E-state index contributed by atoms with van der Waals surface area (Å²) in [5.74, 6) is 0. The molecule has 0 aromatic carbocycles. The lowest BCUT2D eigenvalue weighted by atomic mass is 9.89. The Morgan fingerprint density at radius 1 is 1.22 bits per heavy atom. The first-order chi connectivity index (χ1) is 8.54. The molecule has 7 nitrogen and oxygen atoms in total. The fourth-order valence-electron chi connectivity index (χ4n) is 2.14. The van der Waals surface area contributed by atoms with Crippen LogP contribution in [0.1, 0.15) is 26.2 Å². The molecule has 18 heavy (non-hydrogen) atoms. The first-order valence-electron chi connectivity index (χ1n) is 6.30. The van der Waals surface area contributed by atoms with Gasteiger partial charge in [-0.2, -0.15) is 0 Å². The largest absolute Gasteiger partial charge is 0.414 e. The molecule has 1 aliphatic carbocycles. The first-order valence-corrected chi connectivity index (χ1v) is 9.42. The van der Waals surface area contributed by atoms with E-state index in [-0.39, 0.29) is 18.2 Å². The Hall–Kier alpha value is -1.20. The van der Waals surface area contributed by atoms with Crippen LogP contribution in [0.4, 0.5) is 0 Å². The van der Waals surface area contributed by atoms with Crippen molar-refractivity contribution in [1.82, 2.24) is 0 Å². The van der Waals surface area contributed by atoms with Crippen LogP contribution in [0.15, 0.2) is 10.2 Å². The van der Waals surface area contributed by atoms with E-state index in [2.05, 4.69) is 40.1 Å². The Bertz CT molecular complexity index is 375. The SMILES string of the molecule is CC[Si](C)(C)O[C@@H]1CCC[C@H](N=[N+]=[N-])[C@@H]1N=[N+]=[N-]. The molecule has 0 aromatic rings. The third-order valence-corrected chi connectivity index (χ3v) is 6.11. The van der Waals surface area contributed by atoms with Gasteiger partial charge in [-0.15, -0.1) is 0 Å². The molecular weight excluding hydrogens is 248 g/mol. The zero-order chi connectivity index (χ0) is 13.6. The molecule has 0 bridgehead atoms. The van der Waals surface area contributed by atoms with E-state index in [1.807, 2.05) is 0 Å². The maximum Gasteiger partial charge on any atom is 0.186 e. The topological polar surface area (TPSA) is 107 Å². The third kappa shape index (κ3) is 3.92. The molecule has 0 spiro atoms. The predicted octanol–water partition coefficient (Wildman–Crippen LogP) is 4.14. The summed E-state index contributed by atoms with van der Waals surface area (Å²) in [4.78, 5) is 5.72. The average molecular weight is 268 g/mol. The van der Waals surface area contributed by atoms with E-state index in [0.717, 1.165) is 25.3 Å². The summed E-state index contributed by atoms with van der Waals surface area (Å²) in [6.07, 6.45) is 2.48. The van der Waals surface area contributed by atoms with Crippen molar-refractivity contribution in [2.45, 2.75) is 63.5 Å². The van der Waals surface area contributed by atoms with E-state index in [9.17, 15) is 0 Å². The molecule has 0 N–H and O–H groups in total. The van der Waals surface area contributed by atoms with Gasteiger partial charge in [-0.1, -0.05) is 23.6 Å². The van der Waals surface area contributed by atoms with Crippen LogP contribution in [0.25, 0.3) is 20.9 Å². The molecule has 1 saturated carbocycles. The van der Waals surface area contributed by atoms with Crippen LogP contribution in [0.3, 0.4) is 0 Å². The third-order valence-electron chi connectivity index (χ3n) is 3.47. The van der Waals surface area contributed by atoms with Crippen LogP contribution >= 0.6 is 0 Å². The summed E-state index contributed by atoms with van der Waals surface area (Å²) in [5.41, 5.74) is 17.2. The van der Waals surface area contributed by atoms with Crippen molar-refractivity contribution >= 4 is 8.32 Å². The van der Waals surface area contributed by atoms with Gasteiger partial charge in [-0.25, -0.2) is 0 Å². The molecule has 0 aliphatic heterocycles. The molecule has 100 valence electrons. The van der Waals surface area contributed by atoms with Crippen molar-refractivity contribution in [3.8, 4) is 0 Å². The van der Waals surface area contributed by atoms with E-state index in [0.29, 0.717) is 0 Å². The Morgan fingerprint density at radius 3 is 2.44 bits per heavy atom. The maximum atomic E-state index is 8.66. The van der Waals surface area contributed by atoms with Crippen molar-refractivity contribution in [2.75, 3.05) is 0 Å². The zero-order valence-corrected chi connectivity index (χ0v) is 12.2. The predicted molar refractivity (Wildman–Crippen MR) is 72.6 cm³/mol. The smallest absolute Gasteiger partial charge is 0.186 e. The van der Waals surface area contributed by atoms with E-state index in [1.54, 1.807) is 0 Å². The van der Waals surface area contributed by atoms with Gasteiger partial charge >= 0.3 is 0 Å². The Balaban J connectivity index is 2.86. The second-order valence-electron chi connectivity index (χ2n) is 5.17. The van der Waals surface area contributed by atoms with Gasteiger partial charge in [-0.3, -0.25) is 0 Å². The summed E-state index contributed by atoms with van der Waals surface area (Å²) in [6.45, 7) is 6.41. The highest BCUT2D eigenvalue weighted by Gasteiger charge is 2.36. The van der Waals surface area contributed by atoms with Gasteiger partial charge in [-0.05, 0) is 43.0 Å². The van der Waals surface area contributed by atoms with Crippen LogP contribution < -0.4 is 0 Å². The second-order valence-corrected chi connectivity index (χ2v) is 9.63. The highest BCUT2D eigenvalue weighted by molar-refractivity contribution is 6.71. The summed E-state index contributed by atoms with van der Waals surface area (Å²) >= 11 is 0. The van der Waals surface area contributed by atoms with Gasteiger partial charge in [0.05, 0.1) is 12.1 Å². The van der Waals surface area contributed by atoms with Gasteiger partial charge in [0.15, 0.2) is 8.32 Å². The standard InChI is InChI=1S/C10H20N6OSi/c1-4-18(2,3)17-9-7-5-6-8(13-15-11)10(9)14-16-12/h8-10H,4-7H2,1-3H3/t8-,9+,10-/m0/s1. The quantitative estimate of drug-likeness (QED) is 0.317. The minimum atomic E-state index is -1.71. The van der Waals surface area contributed by atoms with E-state index < -0.39 is 8.32 Å². The average Bonchev–Trinajstić information content (AvgIpc) is 2.33. The highest BCUT2D eigenvalue weighted by Crippen LogP contribution is 2.30. The number of nitrogens with zero attached hydrogens (tertiary/aromatic N) is 6. The molecular formula is C10H20N6OSi. The minimum Gasteiger partial charge on any atom is -0.414 e. The van der Waals surface area contributed by atoms with E-state index in [1.165, 1.54) is 0 Å². The minimum absolute atomic E-state index is 0.105. The Kier molecular flexibility index (Phi) is 5.49. The fourth-order valence-corrected chi connectivity index (χ4v) is 3.39. The lowest BCUT2D eigenvalue weighted by molar-refractivity contribution is 0.113. The van der Waals surface area contributed by atoms with E-state index >= 15 is 0 Å². The van der Waals surface area contributed by atoms with Crippen molar-refractivity contribution in [1.29, 1.82) is 0 Å². The number of rotatable bonds is 5. The molecule has 0 aromatic heterocycles. The monoisotopic (exact) mass is 268 g/mol. The van der Waals surface area contributed by atoms with Crippen molar-refractivity contribution < 1.29 is 4.43 Å². The molecule has 8 heteroatoms. The van der Waals surface area contributed by atoms with Crippen LogP contribution in [-0.2, 0) is 4.43 Å². The summed E-state index contributed by atoms with van der Waals surface area (Å²) in [5, 5.41) is 7.54. The lowest BCUT2D eigenvalue weighted by Gasteiger charge is -2.37. The molecule has 0 amide bonds. The zero-order valence-electron chi connectivity index (χ0n) is 11.2. The Labute approximate surface area is 108 Å². The number of azide groups is 2. The van der Waals surface area contributed by atoms with Gasteiger partial charge in [0.1, 0.15) is 0 Å². The second kappa shape index (κ2) is 6.66. The van der Waals surface area contributed by atoms with Crippen LogP contribution in [0, 0.1) is 0 Å². The lowest BCUT2D eigenvalue weighted by Crippen LogP contribution is -2.46. The van der Waals surface area contributed by atoms with Crippen LogP contribution in [0.2, 0.25) is 19.1 Å². The first kappa shape index (κ1) is 14.9. The van der Waals surface area contributed by atoms with Gasteiger partial charge in [0, 0.05) is 15.9 Å². The van der Waals surface area contributed by atoms with Crippen molar-refractivity contribution in [3.63, 3.8) is 0 Å². The number of hydrogen-bond donors (Lipinski definition) is 0. The van der Waals surface area contributed by atoms with Crippen molar-refractivity contribution in [3.05, 3.63) is 20.9 Å². The molecule has 0 heterocycles. The molecule has 1 rings (SSSR count). The van der Waals surface area contributed by atoms with Gasteiger partial charge in [0.25, 0.3) is 0 Å². The summed E-state index contributed by atoms with van der Waals surface area (Å²) < 4.78 is 6.16. The molecule has 0 radical (unpaired) electrons. The molecule has 1 aliphatic rings. The molecule has 3 atom stereocenters. The van der Waals surface area contributed by atoms with E-state index in [4.69, 9.17) is 15.5 Å². The highest BCUT2D eigenvalue weighted by atomic mass is 28.4. The van der Waals surface area contributed by atoms with Crippen LogP contribution in [0.5, 0.6) is 0 Å². The molecule has 0 saturated heterocycles. The number of hydrogen-bond acceptors (Lipinski definition) is 3. The maximum absolute atomic E-state index is 8.66. The fraction of sp³-hybridized carbons (Fsp3) is 1.00. The summed E-state index contributed by atoms with van der Waals surface area (Å²) in [6, 6.07) is 0.378. The molecule has 1 fully saturated rings. The van der Waals surface area contributed by atoms with Gasteiger partial charge in [0.2, 0.25) is 0 Å². The normalized spacial score (nSPS) is 28.1. The Morgan fingerprint density at radius 2 is 1.89 bits per heavy atom. The van der Waals surface area contributed by atoms with Gasteiger partial charge < -0.3 is 4.43 Å².